The van der Waals surface area contributed by atoms with Gasteiger partial charge in [-0.3, -0.25) is 4.90 Å². The molecule has 3 nitrogen and oxygen atoms in total. The number of fused-ring (bicyclic) bond motifs is 1. The van der Waals surface area contributed by atoms with Gasteiger partial charge in [-0.2, -0.15) is 0 Å². The number of likely N-dealkylation sites (tertiary alicyclic amines) is 2. The summed E-state index contributed by atoms with van der Waals surface area (Å²) in [5, 5.41) is 0.848. The molecule has 2 saturated heterocycles. The first-order valence-electron chi connectivity index (χ1n) is 9.76. The molecule has 25 heavy (non-hydrogen) atoms. The lowest BCUT2D eigenvalue weighted by Gasteiger charge is -2.37. The van der Waals surface area contributed by atoms with Crippen molar-refractivity contribution < 1.29 is 4.74 Å². The lowest BCUT2D eigenvalue weighted by Crippen LogP contribution is -2.44. The maximum absolute atomic E-state index is 6.45. The Bertz CT molecular complexity index is 644. The smallest absolute Gasteiger partial charge is 0.122 e. The number of methoxy groups -OCH3 is 1. The molecule has 0 bridgehead atoms. The van der Waals surface area contributed by atoms with E-state index in [1.807, 2.05) is 12.1 Å². The molecule has 2 aliphatic heterocycles. The molecular formula is C21H29ClN2O. The molecule has 1 aromatic carbocycles. The normalized spacial score (nSPS) is 22.7. The van der Waals surface area contributed by atoms with Crippen LogP contribution in [0.15, 0.2) is 17.7 Å². The SMILES string of the molecule is COc1ccc(Cl)c2c1CCC(CN1CCC(N3CCCC3)CC1)=C2. The van der Waals surface area contributed by atoms with Crippen LogP contribution in [-0.4, -0.2) is 55.7 Å². The maximum Gasteiger partial charge on any atom is 0.122 e. The van der Waals surface area contributed by atoms with Gasteiger partial charge < -0.3 is 9.64 Å². The summed E-state index contributed by atoms with van der Waals surface area (Å²) in [4.78, 5) is 5.36. The van der Waals surface area contributed by atoms with Crippen molar-refractivity contribution in [1.29, 1.82) is 0 Å². The van der Waals surface area contributed by atoms with Crippen molar-refractivity contribution in [3.63, 3.8) is 0 Å². The van der Waals surface area contributed by atoms with Gasteiger partial charge in [0.05, 0.1) is 7.11 Å². The molecule has 0 unspecified atom stereocenters. The number of piperidine rings is 1. The minimum Gasteiger partial charge on any atom is -0.496 e. The number of benzene rings is 1. The van der Waals surface area contributed by atoms with Crippen LogP contribution in [0, 0.1) is 0 Å². The Morgan fingerprint density at radius 3 is 2.56 bits per heavy atom. The van der Waals surface area contributed by atoms with Crippen LogP contribution in [0.4, 0.5) is 0 Å². The van der Waals surface area contributed by atoms with E-state index in [1.165, 1.54) is 68.6 Å². The van der Waals surface area contributed by atoms with E-state index in [-0.39, 0.29) is 0 Å². The fraction of sp³-hybridized carbons (Fsp3) is 0.619. The molecule has 2 heterocycles. The van der Waals surface area contributed by atoms with E-state index in [1.54, 1.807) is 7.11 Å². The summed E-state index contributed by atoms with van der Waals surface area (Å²) in [6.07, 6.45) is 9.94. The number of ether oxygens (including phenoxy) is 1. The second-order valence-electron chi connectivity index (χ2n) is 7.69. The quantitative estimate of drug-likeness (QED) is 0.798. The van der Waals surface area contributed by atoms with E-state index < -0.39 is 0 Å². The molecule has 0 radical (unpaired) electrons. The molecule has 0 atom stereocenters. The Balaban J connectivity index is 1.39. The Labute approximate surface area is 156 Å². The molecule has 0 amide bonds. The van der Waals surface area contributed by atoms with Gasteiger partial charge >= 0.3 is 0 Å². The molecule has 0 aromatic heterocycles. The molecule has 0 N–H and O–H groups in total. The number of hydrogen-bond acceptors (Lipinski definition) is 3. The molecule has 2 fully saturated rings. The van der Waals surface area contributed by atoms with Gasteiger partial charge in [0.15, 0.2) is 0 Å². The zero-order chi connectivity index (χ0) is 17.2. The van der Waals surface area contributed by atoms with Crippen LogP contribution in [0.25, 0.3) is 6.08 Å². The third-order valence-corrected chi connectivity index (χ3v) is 6.50. The van der Waals surface area contributed by atoms with Gasteiger partial charge in [-0.05, 0) is 82.4 Å². The minimum absolute atomic E-state index is 0.832. The van der Waals surface area contributed by atoms with Crippen LogP contribution in [-0.2, 0) is 6.42 Å². The first kappa shape index (κ1) is 17.4. The van der Waals surface area contributed by atoms with Crippen molar-refractivity contribution in [2.75, 3.05) is 39.8 Å². The van der Waals surface area contributed by atoms with Crippen molar-refractivity contribution in [2.24, 2.45) is 0 Å². The summed E-state index contributed by atoms with van der Waals surface area (Å²) in [7, 11) is 1.74. The Hall–Kier alpha value is -1.03. The summed E-state index contributed by atoms with van der Waals surface area (Å²) >= 11 is 6.45. The lowest BCUT2D eigenvalue weighted by molar-refractivity contribution is 0.133. The van der Waals surface area contributed by atoms with Gasteiger partial charge in [0.1, 0.15) is 5.75 Å². The van der Waals surface area contributed by atoms with Gasteiger partial charge in [-0.1, -0.05) is 23.3 Å². The van der Waals surface area contributed by atoms with E-state index in [0.29, 0.717) is 0 Å². The summed E-state index contributed by atoms with van der Waals surface area (Å²) in [6, 6.07) is 4.78. The Kier molecular flexibility index (Phi) is 5.35. The van der Waals surface area contributed by atoms with Crippen LogP contribution in [0.5, 0.6) is 5.75 Å². The van der Waals surface area contributed by atoms with Crippen molar-refractivity contribution >= 4 is 17.7 Å². The molecule has 4 heteroatoms. The topological polar surface area (TPSA) is 15.7 Å². The van der Waals surface area contributed by atoms with Gasteiger partial charge in [0, 0.05) is 23.2 Å². The number of halogens is 1. The highest BCUT2D eigenvalue weighted by molar-refractivity contribution is 6.32. The zero-order valence-electron chi connectivity index (χ0n) is 15.3. The summed E-state index contributed by atoms with van der Waals surface area (Å²) in [5.74, 6) is 0.973. The molecule has 1 aliphatic carbocycles. The first-order chi connectivity index (χ1) is 12.2. The number of hydrogen-bond donors (Lipinski definition) is 0. The van der Waals surface area contributed by atoms with Crippen molar-refractivity contribution in [1.82, 2.24) is 9.80 Å². The van der Waals surface area contributed by atoms with Crippen LogP contribution in [0.2, 0.25) is 5.02 Å². The largest absolute Gasteiger partial charge is 0.496 e. The molecular weight excluding hydrogens is 332 g/mol. The second kappa shape index (κ2) is 7.69. The lowest BCUT2D eigenvalue weighted by atomic mass is 9.90. The summed E-state index contributed by atoms with van der Waals surface area (Å²) in [6.45, 7) is 6.22. The molecule has 4 rings (SSSR count). The van der Waals surface area contributed by atoms with Crippen LogP contribution >= 0.6 is 11.6 Å². The molecule has 0 spiro atoms. The van der Waals surface area contributed by atoms with Gasteiger partial charge in [0.25, 0.3) is 0 Å². The van der Waals surface area contributed by atoms with Crippen LogP contribution < -0.4 is 4.74 Å². The van der Waals surface area contributed by atoms with E-state index >= 15 is 0 Å². The average molecular weight is 361 g/mol. The maximum atomic E-state index is 6.45. The molecule has 1 aromatic rings. The highest BCUT2D eigenvalue weighted by atomic mass is 35.5. The molecule has 3 aliphatic rings. The first-order valence-corrected chi connectivity index (χ1v) is 10.1. The monoisotopic (exact) mass is 360 g/mol. The minimum atomic E-state index is 0.832. The van der Waals surface area contributed by atoms with E-state index in [0.717, 1.165) is 36.2 Å². The average Bonchev–Trinajstić information content (AvgIpc) is 3.18. The highest BCUT2D eigenvalue weighted by Gasteiger charge is 2.27. The highest BCUT2D eigenvalue weighted by Crippen LogP contribution is 2.36. The van der Waals surface area contributed by atoms with Crippen molar-refractivity contribution in [2.45, 2.75) is 44.6 Å². The zero-order valence-corrected chi connectivity index (χ0v) is 16.0. The van der Waals surface area contributed by atoms with Gasteiger partial charge in [-0.25, -0.2) is 0 Å². The number of rotatable bonds is 4. The van der Waals surface area contributed by atoms with Crippen LogP contribution in [0.3, 0.4) is 0 Å². The van der Waals surface area contributed by atoms with Crippen LogP contribution in [0.1, 0.15) is 43.2 Å². The fourth-order valence-corrected chi connectivity index (χ4v) is 4.98. The summed E-state index contributed by atoms with van der Waals surface area (Å²) in [5.41, 5.74) is 3.96. The number of nitrogens with zero attached hydrogens (tertiary/aromatic N) is 2. The van der Waals surface area contributed by atoms with Gasteiger partial charge in [0.2, 0.25) is 0 Å². The summed E-state index contributed by atoms with van der Waals surface area (Å²) < 4.78 is 5.51. The second-order valence-corrected chi connectivity index (χ2v) is 8.10. The molecule has 136 valence electrons. The van der Waals surface area contributed by atoms with E-state index in [9.17, 15) is 0 Å². The van der Waals surface area contributed by atoms with E-state index in [2.05, 4.69) is 15.9 Å². The predicted octanol–water partition coefficient (Wildman–Crippen LogP) is 4.24. The van der Waals surface area contributed by atoms with Crippen molar-refractivity contribution in [3.8, 4) is 5.75 Å². The van der Waals surface area contributed by atoms with Gasteiger partial charge in [-0.15, -0.1) is 0 Å². The van der Waals surface area contributed by atoms with Crippen molar-refractivity contribution in [3.05, 3.63) is 33.9 Å². The Morgan fingerprint density at radius 1 is 1.08 bits per heavy atom. The standard InChI is InChI=1S/C21H29ClN2O/c1-25-21-7-6-20(22)19-14-16(4-5-18(19)21)15-23-12-8-17(9-13-23)24-10-2-3-11-24/h6-7,14,17H,2-5,8-13,15H2,1H3. The fourth-order valence-electron chi connectivity index (χ4n) is 4.74. The third kappa shape index (κ3) is 3.74. The van der Waals surface area contributed by atoms with E-state index in [4.69, 9.17) is 16.3 Å². The third-order valence-electron chi connectivity index (χ3n) is 6.17. The molecule has 0 saturated carbocycles. The Morgan fingerprint density at radius 2 is 1.84 bits per heavy atom. The predicted molar refractivity (Wildman–Crippen MR) is 105 cm³/mol.